The number of anilines is 2. The van der Waals surface area contributed by atoms with Crippen molar-refractivity contribution in [3.05, 3.63) is 63.7 Å². The van der Waals surface area contributed by atoms with Crippen molar-refractivity contribution >= 4 is 17.1 Å². The smallest absolute Gasteiger partial charge is 0.270 e. The van der Waals surface area contributed by atoms with Gasteiger partial charge in [-0.1, -0.05) is 12.1 Å². The minimum Gasteiger partial charge on any atom is -0.378 e. The van der Waals surface area contributed by atoms with Gasteiger partial charge in [-0.25, -0.2) is 0 Å². The molecule has 0 heterocycles. The highest BCUT2D eigenvalue weighted by atomic mass is 16.6. The molecule has 0 aliphatic rings. The van der Waals surface area contributed by atoms with Gasteiger partial charge in [0, 0.05) is 45.5 Å². The van der Waals surface area contributed by atoms with Crippen molar-refractivity contribution in [2.75, 3.05) is 30.9 Å². The fraction of sp³-hybridized carbons (Fsp3) is 0.235. The van der Waals surface area contributed by atoms with Crippen molar-refractivity contribution in [3.8, 4) is 6.07 Å². The molecule has 2 aromatic rings. The summed E-state index contributed by atoms with van der Waals surface area (Å²) < 4.78 is 0. The van der Waals surface area contributed by atoms with Crippen LogP contribution in [0.3, 0.4) is 0 Å². The Morgan fingerprint density at radius 1 is 1.17 bits per heavy atom. The van der Waals surface area contributed by atoms with Crippen molar-refractivity contribution in [2.24, 2.45) is 0 Å². The molecule has 0 N–H and O–H groups in total. The second-order valence-corrected chi connectivity index (χ2v) is 5.49. The normalized spacial score (nSPS) is 10.0. The lowest BCUT2D eigenvalue weighted by molar-refractivity contribution is -0.384. The number of benzene rings is 2. The van der Waals surface area contributed by atoms with Crippen LogP contribution in [0.4, 0.5) is 17.1 Å². The van der Waals surface area contributed by atoms with Crippen LogP contribution in [-0.2, 0) is 6.54 Å². The van der Waals surface area contributed by atoms with Crippen molar-refractivity contribution < 1.29 is 4.92 Å². The maximum absolute atomic E-state index is 10.8. The minimum atomic E-state index is -0.495. The summed E-state index contributed by atoms with van der Waals surface area (Å²) in [4.78, 5) is 14.3. The van der Waals surface area contributed by atoms with Crippen LogP contribution in [0.5, 0.6) is 0 Å². The summed E-state index contributed by atoms with van der Waals surface area (Å²) in [5.41, 5.74) is 3.09. The third-order valence-electron chi connectivity index (χ3n) is 3.57. The fourth-order valence-electron chi connectivity index (χ4n) is 2.35. The molecule has 0 aliphatic heterocycles. The molecule has 6 heteroatoms. The summed E-state index contributed by atoms with van der Waals surface area (Å²) in [5, 5.41) is 20.1. The number of hydrogen-bond donors (Lipinski definition) is 0. The zero-order valence-corrected chi connectivity index (χ0v) is 13.4. The van der Waals surface area contributed by atoms with Gasteiger partial charge in [0.25, 0.3) is 5.69 Å². The molecular formula is C17H18N4O2. The topological polar surface area (TPSA) is 73.4 Å². The number of non-ortho nitro benzene ring substituents is 1. The molecule has 0 aromatic heterocycles. The van der Waals surface area contributed by atoms with E-state index in [1.54, 1.807) is 6.07 Å². The zero-order valence-electron chi connectivity index (χ0n) is 13.4. The quantitative estimate of drug-likeness (QED) is 0.626. The second-order valence-electron chi connectivity index (χ2n) is 5.49. The Morgan fingerprint density at radius 3 is 2.52 bits per heavy atom. The van der Waals surface area contributed by atoms with Gasteiger partial charge in [-0.3, -0.25) is 10.1 Å². The second kappa shape index (κ2) is 6.79. The van der Waals surface area contributed by atoms with Crippen LogP contribution in [0.1, 0.15) is 11.1 Å². The first-order valence-corrected chi connectivity index (χ1v) is 7.08. The third-order valence-corrected chi connectivity index (χ3v) is 3.57. The maximum Gasteiger partial charge on any atom is 0.270 e. The van der Waals surface area contributed by atoms with E-state index in [0.29, 0.717) is 17.8 Å². The van der Waals surface area contributed by atoms with Gasteiger partial charge in [0.1, 0.15) is 6.07 Å². The highest BCUT2D eigenvalue weighted by Gasteiger charge is 2.14. The highest BCUT2D eigenvalue weighted by molar-refractivity contribution is 5.63. The van der Waals surface area contributed by atoms with E-state index in [0.717, 1.165) is 11.3 Å². The molecule has 0 saturated carbocycles. The summed E-state index contributed by atoms with van der Waals surface area (Å²) in [6.45, 7) is 0.605. The first-order chi connectivity index (χ1) is 10.9. The minimum absolute atomic E-state index is 0.0756. The Bertz CT molecular complexity index is 765. The zero-order chi connectivity index (χ0) is 17.0. The first kappa shape index (κ1) is 16.3. The van der Waals surface area contributed by atoms with Crippen LogP contribution in [0.2, 0.25) is 0 Å². The largest absolute Gasteiger partial charge is 0.378 e. The molecule has 0 bridgehead atoms. The molecule has 0 radical (unpaired) electrons. The van der Waals surface area contributed by atoms with E-state index in [-0.39, 0.29) is 5.69 Å². The molecule has 23 heavy (non-hydrogen) atoms. The molecule has 0 unspecified atom stereocenters. The Morgan fingerprint density at radius 2 is 1.91 bits per heavy atom. The predicted molar refractivity (Wildman–Crippen MR) is 90.7 cm³/mol. The summed E-state index contributed by atoms with van der Waals surface area (Å²) in [6.07, 6.45) is 0. The monoisotopic (exact) mass is 310 g/mol. The fourth-order valence-corrected chi connectivity index (χ4v) is 2.35. The van der Waals surface area contributed by atoms with E-state index in [9.17, 15) is 15.4 Å². The highest BCUT2D eigenvalue weighted by Crippen LogP contribution is 2.26. The molecule has 118 valence electrons. The lowest BCUT2D eigenvalue weighted by atomic mass is 10.1. The molecule has 2 rings (SSSR count). The van der Waals surface area contributed by atoms with E-state index >= 15 is 0 Å². The molecule has 0 fully saturated rings. The van der Waals surface area contributed by atoms with Crippen LogP contribution in [0.25, 0.3) is 0 Å². The maximum atomic E-state index is 10.8. The van der Waals surface area contributed by atoms with Crippen LogP contribution in [0.15, 0.2) is 42.5 Å². The van der Waals surface area contributed by atoms with Gasteiger partial charge >= 0.3 is 0 Å². The lowest BCUT2D eigenvalue weighted by Crippen LogP contribution is -2.18. The Labute approximate surface area is 135 Å². The standard InChI is InChI=1S/C17H18N4O2/c1-19(2)15-6-4-5-13(9-15)12-20(3)17-8-7-16(21(22)23)10-14(17)11-18/h4-10H,12H2,1-3H3. The Kier molecular flexibility index (Phi) is 4.82. The third kappa shape index (κ3) is 3.77. The molecule has 0 saturated heterocycles. The van der Waals surface area contributed by atoms with E-state index < -0.39 is 4.92 Å². The van der Waals surface area contributed by atoms with E-state index in [2.05, 4.69) is 6.07 Å². The Hall–Kier alpha value is -3.07. The summed E-state index contributed by atoms with van der Waals surface area (Å²) in [5.74, 6) is 0. The van der Waals surface area contributed by atoms with E-state index in [4.69, 9.17) is 0 Å². The number of nitrogens with zero attached hydrogens (tertiary/aromatic N) is 4. The van der Waals surface area contributed by atoms with E-state index in [1.165, 1.54) is 12.1 Å². The van der Waals surface area contributed by atoms with Gasteiger partial charge in [-0.2, -0.15) is 5.26 Å². The van der Waals surface area contributed by atoms with Gasteiger partial charge in [0.05, 0.1) is 16.2 Å². The molecular weight excluding hydrogens is 292 g/mol. The molecule has 6 nitrogen and oxygen atoms in total. The van der Waals surface area contributed by atoms with Crippen LogP contribution < -0.4 is 9.80 Å². The Balaban J connectivity index is 2.27. The van der Waals surface area contributed by atoms with Gasteiger partial charge < -0.3 is 9.80 Å². The average molecular weight is 310 g/mol. The van der Waals surface area contributed by atoms with Crippen LogP contribution >= 0.6 is 0 Å². The molecule has 2 aromatic carbocycles. The van der Waals surface area contributed by atoms with Crippen molar-refractivity contribution in [1.82, 2.24) is 0 Å². The van der Waals surface area contributed by atoms with Gasteiger partial charge in [-0.05, 0) is 23.8 Å². The van der Waals surface area contributed by atoms with Crippen molar-refractivity contribution in [2.45, 2.75) is 6.54 Å². The van der Waals surface area contributed by atoms with E-state index in [1.807, 2.05) is 55.2 Å². The molecule has 0 aliphatic carbocycles. The summed E-state index contributed by atoms with van der Waals surface area (Å²) >= 11 is 0. The van der Waals surface area contributed by atoms with Gasteiger partial charge in [-0.15, -0.1) is 0 Å². The number of nitro benzene ring substituents is 1. The van der Waals surface area contributed by atoms with Crippen LogP contribution in [-0.4, -0.2) is 26.1 Å². The summed E-state index contributed by atoms with van der Waals surface area (Å²) in [6, 6.07) is 14.5. The SMILES string of the molecule is CN(C)c1cccc(CN(C)c2ccc([N+](=O)[O-])cc2C#N)c1. The predicted octanol–water partition coefficient (Wildman–Crippen LogP) is 3.17. The first-order valence-electron chi connectivity index (χ1n) is 7.08. The van der Waals surface area contributed by atoms with Gasteiger partial charge in [0.15, 0.2) is 0 Å². The van der Waals surface area contributed by atoms with Gasteiger partial charge in [0.2, 0.25) is 0 Å². The number of rotatable bonds is 5. The lowest BCUT2D eigenvalue weighted by Gasteiger charge is -2.21. The number of nitro groups is 1. The number of hydrogen-bond acceptors (Lipinski definition) is 5. The average Bonchev–Trinajstić information content (AvgIpc) is 2.54. The van der Waals surface area contributed by atoms with Crippen LogP contribution in [0, 0.1) is 21.4 Å². The molecule has 0 spiro atoms. The van der Waals surface area contributed by atoms with Crippen molar-refractivity contribution in [3.63, 3.8) is 0 Å². The molecule has 0 atom stereocenters. The van der Waals surface area contributed by atoms with Crippen molar-refractivity contribution in [1.29, 1.82) is 5.26 Å². The molecule has 0 amide bonds. The summed E-state index contributed by atoms with van der Waals surface area (Å²) in [7, 11) is 5.82. The number of nitriles is 1.